The van der Waals surface area contributed by atoms with Gasteiger partial charge in [-0.1, -0.05) is 12.1 Å². The van der Waals surface area contributed by atoms with Crippen LogP contribution >= 0.6 is 0 Å². The predicted molar refractivity (Wildman–Crippen MR) is 82.3 cm³/mol. The molecule has 0 saturated carbocycles. The van der Waals surface area contributed by atoms with Gasteiger partial charge in [-0.05, 0) is 12.1 Å². The Kier molecular flexibility index (Phi) is 3.27. The number of hydrogen-bond donors (Lipinski definition) is 2. The van der Waals surface area contributed by atoms with E-state index in [9.17, 15) is 4.79 Å². The number of benzene rings is 1. The first-order chi connectivity index (χ1) is 10.2. The second-order valence-electron chi connectivity index (χ2n) is 4.62. The summed E-state index contributed by atoms with van der Waals surface area (Å²) >= 11 is 0. The van der Waals surface area contributed by atoms with E-state index >= 15 is 0 Å². The van der Waals surface area contributed by atoms with E-state index in [0.717, 1.165) is 28.4 Å². The highest BCUT2D eigenvalue weighted by atomic mass is 16.1. The highest BCUT2D eigenvalue weighted by Gasteiger charge is 2.09. The van der Waals surface area contributed by atoms with Crippen LogP contribution < -0.4 is 10.6 Å². The zero-order valence-corrected chi connectivity index (χ0v) is 11.8. The van der Waals surface area contributed by atoms with Gasteiger partial charge in [0, 0.05) is 37.6 Å². The molecule has 3 rings (SSSR count). The predicted octanol–water partition coefficient (Wildman–Crippen LogP) is 2.40. The number of imidazole rings is 1. The minimum absolute atomic E-state index is 0.0908. The molecule has 2 aromatic heterocycles. The van der Waals surface area contributed by atoms with Gasteiger partial charge in [0.1, 0.15) is 0 Å². The Morgan fingerprint density at radius 3 is 2.90 bits per heavy atom. The molecule has 0 aliphatic heterocycles. The van der Waals surface area contributed by atoms with Gasteiger partial charge >= 0.3 is 0 Å². The summed E-state index contributed by atoms with van der Waals surface area (Å²) in [5, 5.41) is 5.81. The molecule has 0 atom stereocenters. The Morgan fingerprint density at radius 2 is 2.14 bits per heavy atom. The zero-order chi connectivity index (χ0) is 14.8. The summed E-state index contributed by atoms with van der Waals surface area (Å²) in [5.74, 6) is 0.633. The van der Waals surface area contributed by atoms with Crippen molar-refractivity contribution in [3.8, 4) is 11.3 Å². The topological polar surface area (TPSA) is 71.3 Å². The summed E-state index contributed by atoms with van der Waals surface area (Å²) in [7, 11) is 1.81. The van der Waals surface area contributed by atoms with E-state index in [0.29, 0.717) is 0 Å². The molecule has 3 aromatic rings. The number of nitrogens with zero attached hydrogens (tertiary/aromatic N) is 3. The molecule has 6 heteroatoms. The van der Waals surface area contributed by atoms with E-state index in [-0.39, 0.29) is 5.91 Å². The summed E-state index contributed by atoms with van der Waals surface area (Å²) in [4.78, 5) is 19.8. The van der Waals surface area contributed by atoms with Crippen molar-refractivity contribution in [2.24, 2.45) is 0 Å². The number of nitrogens with one attached hydrogen (secondary N) is 2. The molecule has 0 unspecified atom stereocenters. The van der Waals surface area contributed by atoms with Crippen LogP contribution in [0.4, 0.5) is 11.5 Å². The average molecular weight is 281 g/mol. The quantitative estimate of drug-likeness (QED) is 0.773. The number of aromatic nitrogens is 3. The lowest BCUT2D eigenvalue weighted by Crippen LogP contribution is -2.05. The molecule has 106 valence electrons. The van der Waals surface area contributed by atoms with E-state index in [2.05, 4.69) is 20.6 Å². The summed E-state index contributed by atoms with van der Waals surface area (Å²) in [6, 6.07) is 7.66. The van der Waals surface area contributed by atoms with E-state index in [1.54, 1.807) is 12.4 Å². The van der Waals surface area contributed by atoms with Crippen LogP contribution in [0.5, 0.6) is 0 Å². The fourth-order valence-electron chi connectivity index (χ4n) is 2.27. The number of hydrogen-bond acceptors (Lipinski definition) is 4. The average Bonchev–Trinajstić information content (AvgIpc) is 2.90. The van der Waals surface area contributed by atoms with Crippen LogP contribution in [-0.4, -0.2) is 27.3 Å². The molecule has 1 amide bonds. The van der Waals surface area contributed by atoms with Crippen molar-refractivity contribution in [3.05, 3.63) is 42.9 Å². The Balaban J connectivity index is 2.10. The maximum absolute atomic E-state index is 11.2. The molecule has 6 nitrogen and oxygen atoms in total. The van der Waals surface area contributed by atoms with Gasteiger partial charge in [0.05, 0.1) is 11.9 Å². The number of anilines is 2. The van der Waals surface area contributed by atoms with Gasteiger partial charge in [-0.2, -0.15) is 0 Å². The summed E-state index contributed by atoms with van der Waals surface area (Å²) < 4.78 is 1.96. The lowest BCUT2D eigenvalue weighted by Gasteiger charge is -2.07. The third-order valence-corrected chi connectivity index (χ3v) is 3.14. The summed E-state index contributed by atoms with van der Waals surface area (Å²) in [6.07, 6.45) is 5.38. The van der Waals surface area contributed by atoms with Crippen molar-refractivity contribution in [1.82, 2.24) is 14.4 Å². The lowest BCUT2D eigenvalue weighted by atomic mass is 10.1. The molecule has 0 saturated heterocycles. The molecule has 0 radical (unpaired) electrons. The fraction of sp³-hybridized carbons (Fsp3) is 0.133. The Labute approximate surface area is 121 Å². The van der Waals surface area contributed by atoms with E-state index in [4.69, 9.17) is 0 Å². The van der Waals surface area contributed by atoms with Gasteiger partial charge in [-0.25, -0.2) is 9.97 Å². The van der Waals surface area contributed by atoms with Crippen LogP contribution in [0.3, 0.4) is 0 Å². The molecule has 2 heterocycles. The molecule has 0 bridgehead atoms. The molecule has 2 N–H and O–H groups in total. The van der Waals surface area contributed by atoms with Gasteiger partial charge in [0.15, 0.2) is 11.5 Å². The second-order valence-corrected chi connectivity index (χ2v) is 4.62. The standard InChI is InChI=1S/C15H15N5O/c1-10(21)19-12-5-3-4-11(8-12)13-9-18-15-14(16-2)17-6-7-20(13)15/h3-9H,1-2H3,(H,16,17)(H,19,21). The highest BCUT2D eigenvalue weighted by Crippen LogP contribution is 2.25. The molecular weight excluding hydrogens is 266 g/mol. The van der Waals surface area contributed by atoms with Crippen LogP contribution in [0.1, 0.15) is 6.92 Å². The van der Waals surface area contributed by atoms with Crippen molar-refractivity contribution < 1.29 is 4.79 Å². The first kappa shape index (κ1) is 13.1. The fourth-order valence-corrected chi connectivity index (χ4v) is 2.27. The van der Waals surface area contributed by atoms with Gasteiger partial charge < -0.3 is 10.6 Å². The summed E-state index contributed by atoms with van der Waals surface area (Å²) in [6.45, 7) is 1.49. The summed E-state index contributed by atoms with van der Waals surface area (Å²) in [5.41, 5.74) is 3.44. The van der Waals surface area contributed by atoms with Crippen molar-refractivity contribution in [2.75, 3.05) is 17.7 Å². The minimum Gasteiger partial charge on any atom is -0.370 e. The van der Waals surface area contributed by atoms with Crippen molar-refractivity contribution >= 4 is 23.1 Å². The van der Waals surface area contributed by atoms with Crippen LogP contribution in [-0.2, 0) is 4.79 Å². The maximum Gasteiger partial charge on any atom is 0.221 e. The third-order valence-electron chi connectivity index (χ3n) is 3.14. The molecule has 0 aliphatic rings. The number of carbonyl (C=O) groups is 1. The van der Waals surface area contributed by atoms with Crippen LogP contribution in [0, 0.1) is 0 Å². The van der Waals surface area contributed by atoms with E-state index < -0.39 is 0 Å². The Bertz CT molecular complexity index is 809. The van der Waals surface area contributed by atoms with Gasteiger partial charge in [0.25, 0.3) is 0 Å². The SMILES string of the molecule is CNc1nccn2c(-c3cccc(NC(C)=O)c3)cnc12. The molecule has 21 heavy (non-hydrogen) atoms. The minimum atomic E-state index is -0.0908. The molecule has 0 aliphatic carbocycles. The molecule has 1 aromatic carbocycles. The zero-order valence-electron chi connectivity index (χ0n) is 11.8. The largest absolute Gasteiger partial charge is 0.370 e. The van der Waals surface area contributed by atoms with Gasteiger partial charge in [-0.15, -0.1) is 0 Å². The monoisotopic (exact) mass is 281 g/mol. The van der Waals surface area contributed by atoms with Crippen molar-refractivity contribution in [1.29, 1.82) is 0 Å². The van der Waals surface area contributed by atoms with Crippen LogP contribution in [0.15, 0.2) is 42.9 Å². The van der Waals surface area contributed by atoms with Gasteiger partial charge in [-0.3, -0.25) is 9.20 Å². The van der Waals surface area contributed by atoms with Gasteiger partial charge in [0.2, 0.25) is 5.91 Å². The first-order valence-corrected chi connectivity index (χ1v) is 6.57. The highest BCUT2D eigenvalue weighted by molar-refractivity contribution is 5.89. The smallest absolute Gasteiger partial charge is 0.221 e. The first-order valence-electron chi connectivity index (χ1n) is 6.57. The van der Waals surface area contributed by atoms with E-state index in [1.165, 1.54) is 6.92 Å². The number of rotatable bonds is 3. The molecular formula is C15H15N5O. The Hall–Kier alpha value is -2.89. The van der Waals surface area contributed by atoms with Crippen LogP contribution in [0.2, 0.25) is 0 Å². The van der Waals surface area contributed by atoms with Crippen molar-refractivity contribution in [2.45, 2.75) is 6.92 Å². The normalized spacial score (nSPS) is 10.6. The number of fused-ring (bicyclic) bond motifs is 1. The van der Waals surface area contributed by atoms with E-state index in [1.807, 2.05) is 41.9 Å². The third kappa shape index (κ3) is 2.43. The molecule has 0 spiro atoms. The lowest BCUT2D eigenvalue weighted by molar-refractivity contribution is -0.114. The molecule has 0 fully saturated rings. The second kappa shape index (κ2) is 5.24. The number of amides is 1. The van der Waals surface area contributed by atoms with Crippen LogP contribution in [0.25, 0.3) is 16.9 Å². The number of carbonyl (C=O) groups excluding carboxylic acids is 1. The van der Waals surface area contributed by atoms with Crippen molar-refractivity contribution in [3.63, 3.8) is 0 Å². The maximum atomic E-state index is 11.2. The Morgan fingerprint density at radius 1 is 1.29 bits per heavy atom.